The normalized spacial score (nSPS) is 11.1. The van der Waals surface area contributed by atoms with E-state index in [1.165, 1.54) is 5.56 Å². The second-order valence-corrected chi connectivity index (χ2v) is 5.02. The first-order valence-electron chi connectivity index (χ1n) is 4.60. The molecular formula is C12H10BrNS. The van der Waals surface area contributed by atoms with Crippen LogP contribution in [-0.4, -0.2) is 4.98 Å². The van der Waals surface area contributed by atoms with Gasteiger partial charge >= 0.3 is 0 Å². The van der Waals surface area contributed by atoms with Crippen LogP contribution in [-0.2, 0) is 0 Å². The lowest BCUT2D eigenvalue weighted by molar-refractivity contribution is 1.25. The van der Waals surface area contributed by atoms with Crippen LogP contribution in [0.3, 0.4) is 0 Å². The van der Waals surface area contributed by atoms with E-state index < -0.39 is 0 Å². The molecule has 0 aliphatic carbocycles. The molecule has 0 N–H and O–H groups in total. The zero-order valence-corrected chi connectivity index (χ0v) is 10.7. The fraction of sp³-hybridized carbons (Fsp3) is 0.0833. The first-order chi connectivity index (χ1) is 7.24. The summed E-state index contributed by atoms with van der Waals surface area (Å²) < 4.78 is 1.10. The third-order valence-corrected chi connectivity index (χ3v) is 3.38. The van der Waals surface area contributed by atoms with Crippen molar-refractivity contribution in [3.05, 3.63) is 50.4 Å². The van der Waals surface area contributed by atoms with Crippen molar-refractivity contribution in [2.24, 2.45) is 0 Å². The number of hydrogen-bond acceptors (Lipinski definition) is 2. The van der Waals surface area contributed by atoms with Crippen molar-refractivity contribution in [2.75, 3.05) is 0 Å². The zero-order valence-electron chi connectivity index (χ0n) is 8.27. The van der Waals surface area contributed by atoms with Gasteiger partial charge in [-0.05, 0) is 30.7 Å². The largest absolute Gasteiger partial charge is 0.242 e. The van der Waals surface area contributed by atoms with E-state index in [0.717, 1.165) is 15.2 Å². The van der Waals surface area contributed by atoms with Crippen LogP contribution < -0.4 is 0 Å². The SMILES string of the molecule is Cc1csc(/C=C/c2ccc(Br)cc2)n1. The zero-order chi connectivity index (χ0) is 10.7. The molecule has 15 heavy (non-hydrogen) atoms. The van der Waals surface area contributed by atoms with Crippen LogP contribution in [0.5, 0.6) is 0 Å². The van der Waals surface area contributed by atoms with Gasteiger partial charge in [-0.1, -0.05) is 34.1 Å². The highest BCUT2D eigenvalue weighted by atomic mass is 79.9. The van der Waals surface area contributed by atoms with Gasteiger partial charge in [-0.3, -0.25) is 0 Å². The van der Waals surface area contributed by atoms with E-state index in [1.54, 1.807) is 11.3 Å². The molecule has 1 heterocycles. The van der Waals surface area contributed by atoms with Crippen LogP contribution in [0.1, 0.15) is 16.3 Å². The minimum atomic E-state index is 1.05. The van der Waals surface area contributed by atoms with Gasteiger partial charge in [-0.2, -0.15) is 0 Å². The van der Waals surface area contributed by atoms with Crippen molar-refractivity contribution in [2.45, 2.75) is 6.92 Å². The van der Waals surface area contributed by atoms with Gasteiger partial charge in [0.15, 0.2) is 0 Å². The highest BCUT2D eigenvalue weighted by molar-refractivity contribution is 9.10. The Labute approximate surface area is 102 Å². The van der Waals surface area contributed by atoms with Crippen molar-refractivity contribution in [3.8, 4) is 0 Å². The predicted molar refractivity (Wildman–Crippen MR) is 69.9 cm³/mol. The fourth-order valence-electron chi connectivity index (χ4n) is 1.19. The number of halogens is 1. The van der Waals surface area contributed by atoms with Crippen LogP contribution in [0.25, 0.3) is 12.2 Å². The average molecular weight is 280 g/mol. The fourth-order valence-corrected chi connectivity index (χ4v) is 2.14. The van der Waals surface area contributed by atoms with Crippen LogP contribution >= 0.6 is 27.3 Å². The number of hydrogen-bond donors (Lipinski definition) is 0. The number of rotatable bonds is 2. The molecule has 1 aromatic carbocycles. The van der Waals surface area contributed by atoms with Gasteiger partial charge in [0.05, 0.1) is 0 Å². The number of aromatic nitrogens is 1. The second kappa shape index (κ2) is 4.73. The summed E-state index contributed by atoms with van der Waals surface area (Å²) in [5.74, 6) is 0. The lowest BCUT2D eigenvalue weighted by atomic mass is 10.2. The van der Waals surface area contributed by atoms with Crippen molar-refractivity contribution in [1.29, 1.82) is 0 Å². The van der Waals surface area contributed by atoms with Crippen molar-refractivity contribution < 1.29 is 0 Å². The Morgan fingerprint density at radius 2 is 1.93 bits per heavy atom. The molecule has 0 atom stereocenters. The number of aryl methyl sites for hydroxylation is 1. The molecule has 0 unspecified atom stereocenters. The van der Waals surface area contributed by atoms with Crippen molar-refractivity contribution in [1.82, 2.24) is 4.98 Å². The molecule has 2 rings (SSSR count). The summed E-state index contributed by atoms with van der Waals surface area (Å²) in [7, 11) is 0. The van der Waals surface area contributed by atoms with Gasteiger partial charge < -0.3 is 0 Å². The first-order valence-corrected chi connectivity index (χ1v) is 6.27. The molecule has 1 nitrogen and oxygen atoms in total. The molecule has 0 bridgehead atoms. The summed E-state index contributed by atoms with van der Waals surface area (Å²) in [6, 6.07) is 8.21. The minimum absolute atomic E-state index is 1.05. The summed E-state index contributed by atoms with van der Waals surface area (Å²) in [6.07, 6.45) is 4.12. The number of thiazole rings is 1. The summed E-state index contributed by atoms with van der Waals surface area (Å²) in [5, 5.41) is 3.11. The maximum absolute atomic E-state index is 4.37. The summed E-state index contributed by atoms with van der Waals surface area (Å²) in [6.45, 7) is 2.01. The topological polar surface area (TPSA) is 12.9 Å². The van der Waals surface area contributed by atoms with Gasteiger partial charge in [0, 0.05) is 15.5 Å². The first kappa shape index (κ1) is 10.6. The molecule has 0 spiro atoms. The summed E-state index contributed by atoms with van der Waals surface area (Å²) in [4.78, 5) is 4.37. The Morgan fingerprint density at radius 1 is 1.20 bits per heavy atom. The average Bonchev–Trinajstić information content (AvgIpc) is 2.64. The van der Waals surface area contributed by atoms with Gasteiger partial charge in [0.1, 0.15) is 5.01 Å². The van der Waals surface area contributed by atoms with Gasteiger partial charge in [-0.15, -0.1) is 11.3 Å². The van der Waals surface area contributed by atoms with Gasteiger partial charge in [0.2, 0.25) is 0 Å². The highest BCUT2D eigenvalue weighted by Gasteiger charge is 1.93. The Balaban J connectivity index is 2.14. The van der Waals surface area contributed by atoms with E-state index in [9.17, 15) is 0 Å². The van der Waals surface area contributed by atoms with Crippen molar-refractivity contribution >= 4 is 39.4 Å². The van der Waals surface area contributed by atoms with E-state index in [4.69, 9.17) is 0 Å². The molecule has 3 heteroatoms. The van der Waals surface area contributed by atoms with Gasteiger partial charge in [0.25, 0.3) is 0 Å². The second-order valence-electron chi connectivity index (χ2n) is 3.21. The maximum atomic E-state index is 4.37. The van der Waals surface area contributed by atoms with Crippen molar-refractivity contribution in [3.63, 3.8) is 0 Å². The molecule has 0 saturated heterocycles. The standard InChI is InChI=1S/C12H10BrNS/c1-9-8-15-12(14-9)7-4-10-2-5-11(13)6-3-10/h2-8H,1H3/b7-4+. The molecule has 0 aliphatic rings. The minimum Gasteiger partial charge on any atom is -0.242 e. The Morgan fingerprint density at radius 3 is 2.53 bits per heavy atom. The summed E-state index contributed by atoms with van der Waals surface area (Å²) >= 11 is 5.08. The third kappa shape index (κ3) is 3.01. The smallest absolute Gasteiger partial charge is 0.116 e. The molecule has 76 valence electrons. The molecule has 2 aromatic rings. The van der Waals surface area contributed by atoms with E-state index in [-0.39, 0.29) is 0 Å². The van der Waals surface area contributed by atoms with E-state index in [0.29, 0.717) is 0 Å². The number of benzene rings is 1. The molecule has 0 saturated carbocycles. The van der Waals surface area contributed by atoms with E-state index in [2.05, 4.69) is 44.5 Å². The maximum Gasteiger partial charge on any atom is 0.116 e. The molecule has 0 amide bonds. The van der Waals surface area contributed by atoms with Gasteiger partial charge in [-0.25, -0.2) is 4.98 Å². The van der Waals surface area contributed by atoms with E-state index >= 15 is 0 Å². The molecule has 0 radical (unpaired) electrons. The van der Waals surface area contributed by atoms with E-state index in [1.807, 2.05) is 25.1 Å². The molecular weight excluding hydrogens is 270 g/mol. The van der Waals surface area contributed by atoms with Crippen LogP contribution in [0.4, 0.5) is 0 Å². The number of nitrogens with zero attached hydrogens (tertiary/aromatic N) is 1. The molecule has 1 aromatic heterocycles. The Bertz CT molecular complexity index is 471. The predicted octanol–water partition coefficient (Wildman–Crippen LogP) is 4.38. The monoisotopic (exact) mass is 279 g/mol. The highest BCUT2D eigenvalue weighted by Crippen LogP contribution is 2.15. The Kier molecular flexibility index (Phi) is 3.34. The third-order valence-electron chi connectivity index (χ3n) is 1.93. The van der Waals surface area contributed by atoms with Crippen LogP contribution in [0.15, 0.2) is 34.1 Å². The lowest BCUT2D eigenvalue weighted by Gasteiger charge is -1.92. The molecule has 0 aliphatic heterocycles. The summed E-state index contributed by atoms with van der Waals surface area (Å²) in [5.41, 5.74) is 2.27. The molecule has 0 fully saturated rings. The van der Waals surface area contributed by atoms with Crippen LogP contribution in [0, 0.1) is 6.92 Å². The Hall–Kier alpha value is -0.930. The quantitative estimate of drug-likeness (QED) is 0.795. The van der Waals surface area contributed by atoms with Crippen LogP contribution in [0.2, 0.25) is 0 Å². The lowest BCUT2D eigenvalue weighted by Crippen LogP contribution is -1.72.